The lowest BCUT2D eigenvalue weighted by Crippen LogP contribution is -2.27. The maximum absolute atomic E-state index is 12.6. The van der Waals surface area contributed by atoms with Crippen molar-refractivity contribution in [2.24, 2.45) is 4.99 Å². The third-order valence-corrected chi connectivity index (χ3v) is 5.07. The summed E-state index contributed by atoms with van der Waals surface area (Å²) in [6.45, 7) is 1.80. The molecule has 0 radical (unpaired) electrons. The Kier molecular flexibility index (Phi) is 5.18. The third kappa shape index (κ3) is 3.39. The van der Waals surface area contributed by atoms with Gasteiger partial charge in [0.05, 0.1) is 17.3 Å². The summed E-state index contributed by atoms with van der Waals surface area (Å²) < 4.78 is 7.64. The Morgan fingerprint density at radius 2 is 2.00 bits per heavy atom. The van der Waals surface area contributed by atoms with Crippen molar-refractivity contribution in [2.75, 3.05) is 7.11 Å². The molecule has 6 nitrogen and oxygen atoms in total. The second-order valence-corrected chi connectivity index (χ2v) is 6.64. The third-order valence-electron chi connectivity index (χ3n) is 4.03. The molecule has 1 amide bonds. The first-order valence-electron chi connectivity index (χ1n) is 8.11. The van der Waals surface area contributed by atoms with E-state index < -0.39 is 17.9 Å². The van der Waals surface area contributed by atoms with Crippen LogP contribution in [0.3, 0.4) is 0 Å². The van der Waals surface area contributed by atoms with Gasteiger partial charge in [-0.2, -0.15) is 4.99 Å². The van der Waals surface area contributed by atoms with Gasteiger partial charge in [-0.25, -0.2) is 4.79 Å². The number of rotatable bonds is 5. The molecule has 0 saturated heterocycles. The van der Waals surface area contributed by atoms with Crippen LogP contribution in [-0.4, -0.2) is 28.7 Å². The Morgan fingerprint density at radius 3 is 2.69 bits per heavy atom. The van der Waals surface area contributed by atoms with Gasteiger partial charge in [-0.05, 0) is 36.8 Å². The summed E-state index contributed by atoms with van der Waals surface area (Å²) >= 11 is 1.30. The number of methoxy groups -OCH3 is 1. The number of nitrogens with zero attached hydrogens (tertiary/aromatic N) is 2. The molecule has 7 heteroatoms. The van der Waals surface area contributed by atoms with Gasteiger partial charge in [0.15, 0.2) is 4.80 Å². The van der Waals surface area contributed by atoms with Crippen molar-refractivity contribution < 1.29 is 19.4 Å². The predicted molar refractivity (Wildman–Crippen MR) is 99.7 cm³/mol. The quantitative estimate of drug-likeness (QED) is 0.745. The van der Waals surface area contributed by atoms with E-state index >= 15 is 0 Å². The SMILES string of the molecule is CCC(C(=O)O)n1/c(=N/C(=O)c2cccc(OC)c2)sc2ccccc21. The number of fused-ring (bicyclic) bond motifs is 1. The molecule has 0 aliphatic carbocycles. The van der Waals surface area contributed by atoms with Gasteiger partial charge in [-0.3, -0.25) is 4.79 Å². The Balaban J connectivity index is 2.18. The average molecular weight is 370 g/mol. The van der Waals surface area contributed by atoms with Gasteiger partial charge in [0.2, 0.25) is 0 Å². The van der Waals surface area contributed by atoms with Crippen LogP contribution in [0.1, 0.15) is 29.7 Å². The number of amides is 1. The molecule has 1 unspecified atom stereocenters. The van der Waals surface area contributed by atoms with Gasteiger partial charge in [0.25, 0.3) is 5.91 Å². The summed E-state index contributed by atoms with van der Waals surface area (Å²) in [6.07, 6.45) is 0.386. The van der Waals surface area contributed by atoms with Crippen molar-refractivity contribution in [1.29, 1.82) is 0 Å². The van der Waals surface area contributed by atoms with Crippen molar-refractivity contribution in [3.05, 3.63) is 58.9 Å². The molecule has 0 spiro atoms. The number of carboxylic acids is 1. The van der Waals surface area contributed by atoms with Crippen LogP contribution in [0.5, 0.6) is 5.75 Å². The number of hydrogen-bond donors (Lipinski definition) is 1. The summed E-state index contributed by atoms with van der Waals surface area (Å²) in [7, 11) is 1.53. The molecule has 0 aliphatic heterocycles. The van der Waals surface area contributed by atoms with Gasteiger partial charge in [0, 0.05) is 5.56 Å². The smallest absolute Gasteiger partial charge is 0.326 e. The standard InChI is InChI=1S/C19H18N2O4S/c1-3-14(18(23)24)21-15-9-4-5-10-16(15)26-19(21)20-17(22)12-7-6-8-13(11-12)25-2/h4-11,14H,3H2,1-2H3,(H,23,24)/b20-19-. The Hall–Kier alpha value is -2.93. The molecule has 0 bridgehead atoms. The molecule has 3 rings (SSSR count). The van der Waals surface area contributed by atoms with E-state index in [4.69, 9.17) is 4.74 Å². The van der Waals surface area contributed by atoms with E-state index in [1.807, 2.05) is 24.3 Å². The highest BCUT2D eigenvalue weighted by Crippen LogP contribution is 2.22. The fraction of sp³-hybridized carbons (Fsp3) is 0.211. The Morgan fingerprint density at radius 1 is 1.23 bits per heavy atom. The Bertz CT molecular complexity index is 1040. The normalized spacial score (nSPS) is 12.9. The highest BCUT2D eigenvalue weighted by Gasteiger charge is 2.22. The molecule has 2 aromatic carbocycles. The summed E-state index contributed by atoms with van der Waals surface area (Å²) in [4.78, 5) is 28.9. The van der Waals surface area contributed by atoms with Crippen LogP contribution in [-0.2, 0) is 4.79 Å². The fourth-order valence-corrected chi connectivity index (χ4v) is 3.81. The number of carbonyl (C=O) groups is 2. The molecule has 0 aliphatic rings. The lowest BCUT2D eigenvalue weighted by molar-refractivity contribution is -0.140. The Labute approximate surface area is 154 Å². The minimum Gasteiger partial charge on any atom is -0.497 e. The van der Waals surface area contributed by atoms with E-state index in [1.165, 1.54) is 18.4 Å². The summed E-state index contributed by atoms with van der Waals surface area (Å²) in [5.74, 6) is -0.831. The molecule has 1 aromatic heterocycles. The van der Waals surface area contributed by atoms with Crippen molar-refractivity contribution >= 4 is 33.4 Å². The van der Waals surface area contributed by atoms with Gasteiger partial charge in [-0.1, -0.05) is 36.5 Å². The molecule has 3 aromatic rings. The number of carbonyl (C=O) groups excluding carboxylic acids is 1. The van der Waals surface area contributed by atoms with Crippen LogP contribution >= 0.6 is 11.3 Å². The molecule has 1 N–H and O–H groups in total. The molecule has 26 heavy (non-hydrogen) atoms. The summed E-state index contributed by atoms with van der Waals surface area (Å²) in [6, 6.07) is 13.4. The first kappa shape index (κ1) is 17.9. The highest BCUT2D eigenvalue weighted by atomic mass is 32.1. The summed E-state index contributed by atoms with van der Waals surface area (Å²) in [5, 5.41) is 9.59. The van der Waals surface area contributed by atoms with Crippen LogP contribution in [0.4, 0.5) is 0 Å². The molecule has 1 atom stereocenters. The topological polar surface area (TPSA) is 80.9 Å². The van der Waals surface area contributed by atoms with Crippen LogP contribution < -0.4 is 9.54 Å². The molecule has 1 heterocycles. The first-order valence-corrected chi connectivity index (χ1v) is 8.92. The lowest BCUT2D eigenvalue weighted by Gasteiger charge is -2.13. The molecule has 134 valence electrons. The summed E-state index contributed by atoms with van der Waals surface area (Å²) in [5.41, 5.74) is 1.14. The van der Waals surface area contributed by atoms with Crippen LogP contribution in [0, 0.1) is 0 Å². The number of ether oxygens (including phenoxy) is 1. The van der Waals surface area contributed by atoms with Crippen molar-refractivity contribution in [3.63, 3.8) is 0 Å². The van der Waals surface area contributed by atoms with Crippen molar-refractivity contribution in [2.45, 2.75) is 19.4 Å². The first-order chi connectivity index (χ1) is 12.5. The largest absolute Gasteiger partial charge is 0.497 e. The van der Waals surface area contributed by atoms with Crippen LogP contribution in [0.25, 0.3) is 10.2 Å². The predicted octanol–water partition coefficient (Wildman–Crippen LogP) is 3.49. The zero-order chi connectivity index (χ0) is 18.7. The zero-order valence-electron chi connectivity index (χ0n) is 14.4. The number of aromatic nitrogens is 1. The van der Waals surface area contributed by atoms with E-state index in [0.717, 1.165) is 10.2 Å². The van der Waals surface area contributed by atoms with E-state index in [-0.39, 0.29) is 0 Å². The van der Waals surface area contributed by atoms with Crippen molar-refractivity contribution in [3.8, 4) is 5.75 Å². The maximum Gasteiger partial charge on any atom is 0.326 e. The second-order valence-electron chi connectivity index (χ2n) is 5.63. The number of thiazole rings is 1. The average Bonchev–Trinajstić information content (AvgIpc) is 3.00. The minimum atomic E-state index is -0.952. The number of carboxylic acid groups (broad SMARTS) is 1. The number of benzene rings is 2. The van der Waals surface area contributed by atoms with Crippen LogP contribution in [0.2, 0.25) is 0 Å². The number of para-hydroxylation sites is 1. The van der Waals surface area contributed by atoms with Crippen LogP contribution in [0.15, 0.2) is 53.5 Å². The molecular formula is C19H18N2O4S. The second kappa shape index (κ2) is 7.53. The van der Waals surface area contributed by atoms with E-state index in [2.05, 4.69) is 4.99 Å². The van der Waals surface area contributed by atoms with E-state index in [0.29, 0.717) is 22.5 Å². The highest BCUT2D eigenvalue weighted by molar-refractivity contribution is 7.16. The van der Waals surface area contributed by atoms with Gasteiger partial charge < -0.3 is 14.4 Å². The van der Waals surface area contributed by atoms with Crippen molar-refractivity contribution in [1.82, 2.24) is 4.57 Å². The zero-order valence-corrected chi connectivity index (χ0v) is 15.2. The molecule has 0 fully saturated rings. The van der Waals surface area contributed by atoms with Gasteiger partial charge in [-0.15, -0.1) is 0 Å². The van der Waals surface area contributed by atoms with E-state index in [1.54, 1.807) is 35.8 Å². The number of aliphatic carboxylic acids is 1. The van der Waals surface area contributed by atoms with E-state index in [9.17, 15) is 14.7 Å². The molecule has 0 saturated carbocycles. The number of hydrogen-bond acceptors (Lipinski definition) is 4. The lowest BCUT2D eigenvalue weighted by atomic mass is 10.2. The fourth-order valence-electron chi connectivity index (χ4n) is 2.75. The maximum atomic E-state index is 12.6. The molecular weight excluding hydrogens is 352 g/mol. The van der Waals surface area contributed by atoms with Gasteiger partial charge in [0.1, 0.15) is 11.8 Å². The minimum absolute atomic E-state index is 0.369. The van der Waals surface area contributed by atoms with Gasteiger partial charge >= 0.3 is 5.97 Å². The monoisotopic (exact) mass is 370 g/mol.